The summed E-state index contributed by atoms with van der Waals surface area (Å²) in [5.74, 6) is -0.853. The van der Waals surface area contributed by atoms with E-state index in [1.807, 2.05) is 0 Å². The van der Waals surface area contributed by atoms with Crippen LogP contribution in [0, 0.1) is 5.82 Å². The molecule has 1 fully saturated rings. The highest BCUT2D eigenvalue weighted by Gasteiger charge is 2.40. The second-order valence-electron chi connectivity index (χ2n) is 5.83. The van der Waals surface area contributed by atoms with E-state index in [0.717, 1.165) is 0 Å². The first-order valence-electron chi connectivity index (χ1n) is 7.40. The Morgan fingerprint density at radius 3 is 2.96 bits per heavy atom. The number of amides is 2. The lowest BCUT2D eigenvalue weighted by Gasteiger charge is -2.44. The van der Waals surface area contributed by atoms with E-state index in [-0.39, 0.29) is 28.5 Å². The quantitative estimate of drug-likeness (QED) is 0.629. The van der Waals surface area contributed by atoms with Crippen LogP contribution in [-0.4, -0.2) is 52.7 Å². The molecule has 0 radical (unpaired) electrons. The summed E-state index contributed by atoms with van der Waals surface area (Å²) in [5, 5.41) is 12.5. The van der Waals surface area contributed by atoms with Crippen molar-refractivity contribution in [2.75, 3.05) is 29.9 Å². The minimum atomic E-state index is -1.07. The molecule has 1 aromatic heterocycles. The lowest BCUT2D eigenvalue weighted by atomic mass is 10.0. The molecule has 0 bridgehead atoms. The highest BCUT2D eigenvalue weighted by molar-refractivity contribution is 9.10. The molecule has 3 heterocycles. The Morgan fingerprint density at radius 1 is 1.48 bits per heavy atom. The minimum Gasteiger partial charge on any atom is -0.465 e. The van der Waals surface area contributed by atoms with E-state index in [0.29, 0.717) is 28.8 Å². The van der Waals surface area contributed by atoms with Gasteiger partial charge in [-0.05, 0) is 22.0 Å². The Bertz CT molecular complexity index is 941. The van der Waals surface area contributed by atoms with Crippen molar-refractivity contribution < 1.29 is 19.1 Å². The Kier molecular flexibility index (Phi) is 3.73. The standard InChI is InChI=1S/C15H11BrClFN4O3/c16-10-7(18)3-6-12(11(10)17)19-4-8-13(6)22-2-1-21(15(24)25)5-9(22)14(23)20-8/h3-4,9H,1-2,5H2,(H,20,23)(H,24,25)/t9-/m1/s1. The zero-order valence-electron chi connectivity index (χ0n) is 12.6. The monoisotopic (exact) mass is 428 g/mol. The maximum absolute atomic E-state index is 14.2. The van der Waals surface area contributed by atoms with Gasteiger partial charge in [-0.15, -0.1) is 0 Å². The van der Waals surface area contributed by atoms with Crippen molar-refractivity contribution in [1.82, 2.24) is 9.88 Å². The summed E-state index contributed by atoms with van der Waals surface area (Å²) in [7, 11) is 0. The van der Waals surface area contributed by atoms with Crippen LogP contribution in [0.25, 0.3) is 10.9 Å². The largest absolute Gasteiger partial charge is 0.465 e. The van der Waals surface area contributed by atoms with Crippen LogP contribution in [0.1, 0.15) is 0 Å². The van der Waals surface area contributed by atoms with Crippen molar-refractivity contribution in [1.29, 1.82) is 0 Å². The van der Waals surface area contributed by atoms with E-state index < -0.39 is 18.0 Å². The van der Waals surface area contributed by atoms with Crippen LogP contribution >= 0.6 is 27.5 Å². The van der Waals surface area contributed by atoms with Gasteiger partial charge in [0.2, 0.25) is 5.91 Å². The van der Waals surface area contributed by atoms with Gasteiger partial charge in [-0.2, -0.15) is 0 Å². The molecule has 0 spiro atoms. The first-order valence-corrected chi connectivity index (χ1v) is 8.57. The van der Waals surface area contributed by atoms with Gasteiger partial charge < -0.3 is 20.2 Å². The number of pyridine rings is 1. The first kappa shape index (κ1) is 16.3. The molecule has 1 atom stereocenters. The molecule has 2 amide bonds. The number of halogens is 3. The molecule has 10 heteroatoms. The maximum Gasteiger partial charge on any atom is 0.407 e. The second kappa shape index (κ2) is 5.70. The number of rotatable bonds is 0. The molecular formula is C15H11BrClFN4O3. The number of anilines is 2. The van der Waals surface area contributed by atoms with Crippen LogP contribution in [0.3, 0.4) is 0 Å². The summed E-state index contributed by atoms with van der Waals surface area (Å²) in [4.78, 5) is 30.8. The normalized spacial score (nSPS) is 19.5. The van der Waals surface area contributed by atoms with E-state index >= 15 is 0 Å². The van der Waals surface area contributed by atoms with Crippen LogP contribution in [0.2, 0.25) is 5.02 Å². The van der Waals surface area contributed by atoms with Gasteiger partial charge in [0.05, 0.1) is 39.1 Å². The van der Waals surface area contributed by atoms with E-state index in [1.165, 1.54) is 17.2 Å². The third kappa shape index (κ3) is 2.41. The Labute approximate surface area is 154 Å². The smallest absolute Gasteiger partial charge is 0.407 e. The number of carboxylic acid groups (broad SMARTS) is 1. The molecule has 130 valence electrons. The number of fused-ring (bicyclic) bond motifs is 5. The third-order valence-electron chi connectivity index (χ3n) is 4.47. The predicted octanol–water partition coefficient (Wildman–Crippen LogP) is 2.91. The Hall–Kier alpha value is -2.13. The van der Waals surface area contributed by atoms with Crippen LogP contribution in [-0.2, 0) is 4.79 Å². The van der Waals surface area contributed by atoms with E-state index in [9.17, 15) is 19.1 Å². The van der Waals surface area contributed by atoms with Crippen LogP contribution in [0.15, 0.2) is 16.7 Å². The SMILES string of the molecule is O=C1Nc2cnc3c(Cl)c(Br)c(F)cc3c2N2CCN(C(=O)O)C[C@H]12. The molecule has 2 aliphatic heterocycles. The predicted molar refractivity (Wildman–Crippen MR) is 93.8 cm³/mol. The van der Waals surface area contributed by atoms with Gasteiger partial charge in [-0.25, -0.2) is 9.18 Å². The summed E-state index contributed by atoms with van der Waals surface area (Å²) < 4.78 is 14.3. The second-order valence-corrected chi connectivity index (χ2v) is 7.00. The van der Waals surface area contributed by atoms with Crippen molar-refractivity contribution in [3.63, 3.8) is 0 Å². The van der Waals surface area contributed by atoms with Crippen LogP contribution < -0.4 is 10.2 Å². The minimum absolute atomic E-state index is 0.0389. The molecule has 25 heavy (non-hydrogen) atoms. The van der Waals surface area contributed by atoms with Gasteiger partial charge in [-0.3, -0.25) is 9.78 Å². The number of hydrogen-bond donors (Lipinski definition) is 2. The summed E-state index contributed by atoms with van der Waals surface area (Å²) in [5.41, 5.74) is 1.47. The highest BCUT2D eigenvalue weighted by Crippen LogP contribution is 2.43. The summed E-state index contributed by atoms with van der Waals surface area (Å²) in [6.45, 7) is 0.595. The molecule has 1 saturated heterocycles. The summed E-state index contributed by atoms with van der Waals surface area (Å²) in [6.07, 6.45) is 0.404. The fraction of sp³-hybridized carbons (Fsp3) is 0.267. The van der Waals surface area contributed by atoms with Gasteiger partial charge in [-0.1, -0.05) is 11.6 Å². The topological polar surface area (TPSA) is 85.8 Å². The molecule has 0 unspecified atom stereocenters. The fourth-order valence-electron chi connectivity index (χ4n) is 3.29. The van der Waals surface area contributed by atoms with Gasteiger partial charge >= 0.3 is 6.09 Å². The Balaban J connectivity index is 1.90. The molecule has 2 N–H and O–H groups in total. The fourth-order valence-corrected chi connectivity index (χ4v) is 3.84. The molecule has 1 aromatic carbocycles. The average Bonchev–Trinajstić information content (AvgIpc) is 2.59. The molecule has 4 rings (SSSR count). The molecular weight excluding hydrogens is 419 g/mol. The average molecular weight is 430 g/mol. The molecule has 0 aliphatic carbocycles. The number of nitrogens with one attached hydrogen (secondary N) is 1. The van der Waals surface area contributed by atoms with Gasteiger partial charge in [0.1, 0.15) is 11.9 Å². The zero-order chi connectivity index (χ0) is 17.9. The lowest BCUT2D eigenvalue weighted by molar-refractivity contribution is -0.118. The van der Waals surface area contributed by atoms with Crippen molar-refractivity contribution >= 4 is 61.8 Å². The Morgan fingerprint density at radius 2 is 2.24 bits per heavy atom. The first-order chi connectivity index (χ1) is 11.9. The lowest BCUT2D eigenvalue weighted by Crippen LogP contribution is -2.61. The molecule has 2 aliphatic rings. The van der Waals surface area contributed by atoms with Gasteiger partial charge in [0.15, 0.2) is 0 Å². The number of hydrogen-bond acceptors (Lipinski definition) is 4. The van der Waals surface area contributed by atoms with E-state index in [2.05, 4.69) is 26.2 Å². The van der Waals surface area contributed by atoms with Crippen molar-refractivity contribution in [2.45, 2.75) is 6.04 Å². The number of carbonyl (C=O) groups excluding carboxylic acids is 1. The zero-order valence-corrected chi connectivity index (χ0v) is 14.9. The van der Waals surface area contributed by atoms with Gasteiger partial charge in [0, 0.05) is 18.5 Å². The van der Waals surface area contributed by atoms with Crippen LogP contribution in [0.5, 0.6) is 0 Å². The molecule has 2 aromatic rings. The van der Waals surface area contributed by atoms with Gasteiger partial charge in [0.25, 0.3) is 0 Å². The van der Waals surface area contributed by atoms with Crippen molar-refractivity contribution in [3.05, 3.63) is 27.6 Å². The number of benzene rings is 1. The third-order valence-corrected chi connectivity index (χ3v) is 5.84. The van der Waals surface area contributed by atoms with Crippen molar-refractivity contribution in [3.8, 4) is 0 Å². The number of carbonyl (C=O) groups is 2. The van der Waals surface area contributed by atoms with E-state index in [4.69, 9.17) is 11.6 Å². The number of nitrogens with zero attached hydrogens (tertiary/aromatic N) is 3. The van der Waals surface area contributed by atoms with Crippen molar-refractivity contribution in [2.24, 2.45) is 0 Å². The molecule has 0 saturated carbocycles. The number of aromatic nitrogens is 1. The van der Waals surface area contributed by atoms with Crippen LogP contribution in [0.4, 0.5) is 20.6 Å². The summed E-state index contributed by atoms with van der Waals surface area (Å²) in [6, 6.07) is 0.628. The summed E-state index contributed by atoms with van der Waals surface area (Å²) >= 11 is 9.30. The number of piperazine rings is 1. The maximum atomic E-state index is 14.2. The van der Waals surface area contributed by atoms with E-state index in [1.54, 1.807) is 4.90 Å². The molecule has 7 nitrogen and oxygen atoms in total. The highest BCUT2D eigenvalue weighted by atomic mass is 79.9.